The van der Waals surface area contributed by atoms with Crippen LogP contribution in [-0.2, 0) is 25.5 Å². The Kier molecular flexibility index (Phi) is 13.0. The molecule has 0 spiro atoms. The van der Waals surface area contributed by atoms with Crippen LogP contribution in [0.15, 0.2) is 54.6 Å². The molecule has 52 heavy (non-hydrogen) atoms. The van der Waals surface area contributed by atoms with E-state index in [1.54, 1.807) is 32.1 Å². The standard InChI is InChI=1S/C19H20O7.C19H24O7/c1-10-13-5-6-14(20)17(22)19(13,24)7-3-4-11-8-12(25-2)9-15(21)16(11)18(23)26-10;1-11-5-3-7-14(20)18(23)15(21)8-4-6-12-9-13(25-2)10-16(22)17(12)19(24)26-11/h3-6,8-10,13,17,21-22,24H,7H2,1-2H3;3,7,9-11,15,18,21-23H,4-6,8H2,1-2H3/b4-3+;7-3-/t10-,13?,17+,19+;11-,15+,18+/m00/s1. The van der Waals surface area contributed by atoms with Crippen LogP contribution in [0, 0.1) is 5.92 Å². The third kappa shape index (κ3) is 8.88. The van der Waals surface area contributed by atoms with E-state index in [2.05, 4.69) is 0 Å². The first-order valence-electron chi connectivity index (χ1n) is 16.7. The third-order valence-electron chi connectivity index (χ3n) is 9.16. The SMILES string of the molecule is COc1cc(O)c2c(c1)/C=C/C[C@@]1(O)C(C=CC(=O)[C@H]1O)[C@H](C)OC2=O.COc1cc(O)c2c(c1)CCC[C@@H](O)[C@H](O)C(=O)/C=C\C[C@H](C)OC2=O. The van der Waals surface area contributed by atoms with E-state index in [-0.39, 0.29) is 41.9 Å². The Morgan fingerprint density at radius 2 is 1.42 bits per heavy atom. The van der Waals surface area contributed by atoms with E-state index in [4.69, 9.17) is 18.9 Å². The molecule has 14 heteroatoms. The fourth-order valence-electron chi connectivity index (χ4n) is 6.29. The number of fused-ring (bicyclic) bond motifs is 3. The maximum absolute atomic E-state index is 12.6. The van der Waals surface area contributed by atoms with Crippen molar-refractivity contribution in [1.82, 2.24) is 0 Å². The van der Waals surface area contributed by atoms with Gasteiger partial charge >= 0.3 is 11.9 Å². The number of benzene rings is 2. The summed E-state index contributed by atoms with van der Waals surface area (Å²) in [5.41, 5.74) is -0.908. The smallest absolute Gasteiger partial charge is 0.342 e. The number of carbonyl (C=O) groups excluding carboxylic acids is 4. The normalized spacial score (nSPS) is 29.3. The summed E-state index contributed by atoms with van der Waals surface area (Å²) in [5.74, 6) is -3.21. The van der Waals surface area contributed by atoms with Gasteiger partial charge in [-0.2, -0.15) is 0 Å². The van der Waals surface area contributed by atoms with Crippen LogP contribution in [-0.4, -0.2) is 104 Å². The van der Waals surface area contributed by atoms with Gasteiger partial charge in [0.2, 0.25) is 0 Å². The zero-order valence-electron chi connectivity index (χ0n) is 29.2. The number of aliphatic hydroxyl groups is 4. The number of ketones is 2. The van der Waals surface area contributed by atoms with Crippen LogP contribution in [0.25, 0.3) is 6.08 Å². The Bertz CT molecular complexity index is 1760. The van der Waals surface area contributed by atoms with Crippen LogP contribution in [0.4, 0.5) is 0 Å². The molecule has 0 radical (unpaired) electrons. The van der Waals surface area contributed by atoms with Crippen LogP contribution >= 0.6 is 0 Å². The second kappa shape index (κ2) is 17.0. The highest BCUT2D eigenvalue weighted by Gasteiger charge is 2.50. The Hall–Kier alpha value is -5.02. The number of cyclic esters (lactones) is 2. The number of aryl methyl sites for hydroxylation is 1. The molecule has 2 aromatic carbocycles. The number of aromatic hydroxyl groups is 2. The fourth-order valence-corrected chi connectivity index (χ4v) is 6.29. The molecule has 1 aliphatic carbocycles. The predicted molar refractivity (Wildman–Crippen MR) is 185 cm³/mol. The van der Waals surface area contributed by atoms with Crippen LogP contribution < -0.4 is 9.47 Å². The molecule has 3 aliphatic rings. The van der Waals surface area contributed by atoms with E-state index in [0.717, 1.165) is 0 Å². The summed E-state index contributed by atoms with van der Waals surface area (Å²) in [6, 6.07) is 5.82. The number of hydrogen-bond acceptors (Lipinski definition) is 14. The number of phenolic OH excluding ortho intramolecular Hbond substituents is 2. The van der Waals surface area contributed by atoms with Crippen LogP contribution in [0.5, 0.6) is 23.0 Å². The van der Waals surface area contributed by atoms with Crippen molar-refractivity contribution in [3.05, 3.63) is 76.9 Å². The number of methoxy groups -OCH3 is 2. The van der Waals surface area contributed by atoms with Gasteiger partial charge in [0.05, 0.1) is 20.3 Å². The lowest BCUT2D eigenvalue weighted by Crippen LogP contribution is -2.57. The molecular weight excluding hydrogens is 680 g/mol. The minimum atomic E-state index is -1.81. The highest BCUT2D eigenvalue weighted by Crippen LogP contribution is 2.38. The van der Waals surface area contributed by atoms with E-state index in [0.29, 0.717) is 35.5 Å². The first-order valence-corrected chi connectivity index (χ1v) is 16.7. The van der Waals surface area contributed by atoms with Crippen LogP contribution in [0.3, 0.4) is 0 Å². The molecule has 0 fully saturated rings. The number of carbonyl (C=O) groups is 4. The topological polar surface area (TPSA) is 227 Å². The first-order chi connectivity index (χ1) is 24.6. The van der Waals surface area contributed by atoms with Crippen molar-refractivity contribution in [2.24, 2.45) is 5.92 Å². The number of aliphatic hydroxyl groups excluding tert-OH is 3. The van der Waals surface area contributed by atoms with Crippen LogP contribution in [0.2, 0.25) is 0 Å². The van der Waals surface area contributed by atoms with Crippen molar-refractivity contribution in [3.63, 3.8) is 0 Å². The molecule has 14 nitrogen and oxygen atoms in total. The summed E-state index contributed by atoms with van der Waals surface area (Å²) in [5, 5.41) is 61.5. The Morgan fingerprint density at radius 1 is 0.788 bits per heavy atom. The summed E-state index contributed by atoms with van der Waals surface area (Å²) in [4.78, 5) is 48.7. The molecule has 2 aromatic rings. The largest absolute Gasteiger partial charge is 0.507 e. The minimum Gasteiger partial charge on any atom is -0.507 e. The lowest BCUT2D eigenvalue weighted by molar-refractivity contribution is -0.154. The maximum Gasteiger partial charge on any atom is 0.342 e. The molecule has 6 N–H and O–H groups in total. The quantitative estimate of drug-likeness (QED) is 0.245. The molecule has 2 heterocycles. The van der Waals surface area contributed by atoms with Crippen molar-refractivity contribution >= 4 is 29.6 Å². The molecular formula is C38H44O14. The summed E-state index contributed by atoms with van der Waals surface area (Å²) in [6.07, 6.45) is 3.73. The fraction of sp³-hybridized carbons (Fsp3) is 0.421. The number of esters is 2. The van der Waals surface area contributed by atoms with Gasteiger partial charge in [0, 0.05) is 24.5 Å². The lowest BCUT2D eigenvalue weighted by Gasteiger charge is -2.41. The maximum atomic E-state index is 12.6. The molecule has 280 valence electrons. The van der Waals surface area contributed by atoms with Gasteiger partial charge in [0.15, 0.2) is 11.6 Å². The zero-order chi connectivity index (χ0) is 38.3. The molecule has 7 atom stereocenters. The first kappa shape index (κ1) is 39.8. The molecule has 0 aromatic heterocycles. The molecule has 1 unspecified atom stereocenters. The van der Waals surface area contributed by atoms with Gasteiger partial charge in [-0.1, -0.05) is 24.3 Å². The van der Waals surface area contributed by atoms with E-state index in [1.807, 2.05) is 0 Å². The Morgan fingerprint density at radius 3 is 2.10 bits per heavy atom. The minimum absolute atomic E-state index is 0.0178. The lowest BCUT2D eigenvalue weighted by atomic mass is 9.72. The van der Waals surface area contributed by atoms with Gasteiger partial charge in [-0.05, 0) is 74.9 Å². The van der Waals surface area contributed by atoms with Gasteiger partial charge in [-0.25, -0.2) is 9.59 Å². The third-order valence-corrected chi connectivity index (χ3v) is 9.16. The summed E-state index contributed by atoms with van der Waals surface area (Å²) < 4.78 is 21.0. The Balaban J connectivity index is 0.000000233. The van der Waals surface area contributed by atoms with Crippen molar-refractivity contribution < 1.29 is 68.8 Å². The monoisotopic (exact) mass is 724 g/mol. The average molecular weight is 725 g/mol. The van der Waals surface area contributed by atoms with Gasteiger partial charge in [0.25, 0.3) is 0 Å². The van der Waals surface area contributed by atoms with E-state index in [9.17, 15) is 49.8 Å². The van der Waals surface area contributed by atoms with Gasteiger partial charge in [0.1, 0.15) is 64.1 Å². The second-order valence-corrected chi connectivity index (χ2v) is 12.9. The molecule has 0 amide bonds. The van der Waals surface area contributed by atoms with Gasteiger partial charge in [-0.3, -0.25) is 9.59 Å². The highest BCUT2D eigenvalue weighted by atomic mass is 16.5. The summed E-state index contributed by atoms with van der Waals surface area (Å²) >= 11 is 0. The zero-order valence-corrected chi connectivity index (χ0v) is 29.2. The Labute approximate surface area is 300 Å². The summed E-state index contributed by atoms with van der Waals surface area (Å²) in [7, 11) is 2.87. The molecule has 2 aliphatic heterocycles. The van der Waals surface area contributed by atoms with E-state index < -0.39 is 65.5 Å². The number of ether oxygens (including phenoxy) is 4. The van der Waals surface area contributed by atoms with Crippen molar-refractivity contribution in [3.8, 4) is 23.0 Å². The number of rotatable bonds is 2. The number of hydrogen-bond donors (Lipinski definition) is 6. The molecule has 0 saturated carbocycles. The van der Waals surface area contributed by atoms with E-state index >= 15 is 0 Å². The number of phenols is 2. The highest BCUT2D eigenvalue weighted by molar-refractivity contribution is 5.98. The van der Waals surface area contributed by atoms with Crippen molar-refractivity contribution in [2.75, 3.05) is 14.2 Å². The second-order valence-electron chi connectivity index (χ2n) is 12.9. The van der Waals surface area contributed by atoms with E-state index in [1.165, 1.54) is 56.7 Å². The van der Waals surface area contributed by atoms with Crippen molar-refractivity contribution in [2.45, 2.75) is 82.1 Å². The molecule has 0 bridgehead atoms. The molecule has 5 rings (SSSR count). The molecule has 0 saturated heterocycles. The van der Waals surface area contributed by atoms with Gasteiger partial charge in [-0.15, -0.1) is 0 Å². The van der Waals surface area contributed by atoms with Crippen LogP contribution in [0.1, 0.15) is 71.4 Å². The van der Waals surface area contributed by atoms with Crippen molar-refractivity contribution in [1.29, 1.82) is 0 Å². The summed E-state index contributed by atoms with van der Waals surface area (Å²) in [6.45, 7) is 3.22. The average Bonchev–Trinajstić information content (AvgIpc) is 3.09. The predicted octanol–water partition coefficient (Wildman–Crippen LogP) is 2.73. The van der Waals surface area contributed by atoms with Gasteiger partial charge < -0.3 is 49.6 Å².